The summed E-state index contributed by atoms with van der Waals surface area (Å²) < 4.78 is 10.7. The molecule has 1 aromatic heterocycles. The van der Waals surface area contributed by atoms with Crippen LogP contribution in [0.15, 0.2) is 80.9 Å². The molecule has 0 radical (unpaired) electrons. The number of methoxy groups -OCH3 is 1. The standard InChI is InChI=1S/C23H16Cl2N2O3/c1-29-18-8-6-16(7-9-18)27-22-19-4-2-3-5-21(19)30-23(28)20(22)13-26-17-11-14(24)10-15(25)12-17/h2-13,27H,1H3. The molecule has 1 heterocycles. The van der Waals surface area contributed by atoms with Crippen molar-refractivity contribution in [1.82, 2.24) is 0 Å². The number of hydrogen-bond acceptors (Lipinski definition) is 5. The molecule has 5 nitrogen and oxygen atoms in total. The maximum Gasteiger partial charge on any atom is 0.347 e. The van der Waals surface area contributed by atoms with Gasteiger partial charge in [-0.25, -0.2) is 4.79 Å². The molecular formula is C23H16Cl2N2O3. The van der Waals surface area contributed by atoms with Gasteiger partial charge >= 0.3 is 5.63 Å². The largest absolute Gasteiger partial charge is 0.497 e. The SMILES string of the molecule is COc1ccc(Nc2c(C=Nc3cc(Cl)cc(Cl)c3)c(=O)oc3ccccc23)cc1. The fraction of sp³-hybridized carbons (Fsp3) is 0.0435. The molecule has 1 N–H and O–H groups in total. The fourth-order valence-corrected chi connectivity index (χ4v) is 3.50. The van der Waals surface area contributed by atoms with Crippen molar-refractivity contribution in [2.45, 2.75) is 0 Å². The van der Waals surface area contributed by atoms with Gasteiger partial charge in [0.15, 0.2) is 0 Å². The van der Waals surface area contributed by atoms with Crippen molar-refractivity contribution in [2.75, 3.05) is 12.4 Å². The number of benzene rings is 3. The zero-order valence-electron chi connectivity index (χ0n) is 15.9. The third-order valence-electron chi connectivity index (χ3n) is 4.40. The van der Waals surface area contributed by atoms with Crippen molar-refractivity contribution >= 4 is 57.4 Å². The van der Waals surface area contributed by atoms with Crippen molar-refractivity contribution in [3.8, 4) is 5.75 Å². The molecule has 0 aliphatic heterocycles. The second kappa shape index (κ2) is 8.61. The summed E-state index contributed by atoms with van der Waals surface area (Å²) in [7, 11) is 1.61. The van der Waals surface area contributed by atoms with Gasteiger partial charge in [-0.15, -0.1) is 0 Å². The van der Waals surface area contributed by atoms with Crippen LogP contribution in [0.5, 0.6) is 5.75 Å². The molecule has 3 aromatic carbocycles. The van der Waals surface area contributed by atoms with E-state index in [2.05, 4.69) is 10.3 Å². The Hall–Kier alpha value is -3.28. The van der Waals surface area contributed by atoms with E-state index in [1.54, 1.807) is 31.4 Å². The van der Waals surface area contributed by atoms with Crippen LogP contribution in [-0.2, 0) is 0 Å². The quantitative estimate of drug-likeness (QED) is 0.281. The minimum Gasteiger partial charge on any atom is -0.497 e. The van der Waals surface area contributed by atoms with Gasteiger partial charge in [0.25, 0.3) is 0 Å². The molecule has 4 rings (SSSR count). The van der Waals surface area contributed by atoms with E-state index in [4.69, 9.17) is 32.4 Å². The van der Waals surface area contributed by atoms with Crippen LogP contribution >= 0.6 is 23.2 Å². The summed E-state index contributed by atoms with van der Waals surface area (Å²) >= 11 is 12.1. The van der Waals surface area contributed by atoms with Crippen LogP contribution in [0.25, 0.3) is 11.0 Å². The maximum absolute atomic E-state index is 12.7. The van der Waals surface area contributed by atoms with E-state index >= 15 is 0 Å². The number of anilines is 2. The summed E-state index contributed by atoms with van der Waals surface area (Å²) in [5.74, 6) is 0.734. The first kappa shape index (κ1) is 20.0. The highest BCUT2D eigenvalue weighted by molar-refractivity contribution is 6.35. The first-order chi connectivity index (χ1) is 14.5. The van der Waals surface area contributed by atoms with Crippen LogP contribution in [0.3, 0.4) is 0 Å². The van der Waals surface area contributed by atoms with E-state index in [1.807, 2.05) is 42.5 Å². The summed E-state index contributed by atoms with van der Waals surface area (Å²) in [5.41, 5.74) is 2.13. The third-order valence-corrected chi connectivity index (χ3v) is 4.83. The van der Waals surface area contributed by atoms with E-state index in [0.29, 0.717) is 27.0 Å². The van der Waals surface area contributed by atoms with E-state index in [9.17, 15) is 4.79 Å². The molecule has 0 aliphatic rings. The molecule has 0 saturated heterocycles. The second-order valence-corrected chi connectivity index (χ2v) is 7.29. The number of aliphatic imine (C=N–C) groups is 1. The minimum atomic E-state index is -0.512. The number of hydrogen-bond donors (Lipinski definition) is 1. The smallest absolute Gasteiger partial charge is 0.347 e. The van der Waals surface area contributed by atoms with E-state index in [0.717, 1.165) is 16.8 Å². The van der Waals surface area contributed by atoms with Gasteiger partial charge in [-0.3, -0.25) is 4.99 Å². The van der Waals surface area contributed by atoms with Gasteiger partial charge in [0.1, 0.15) is 16.9 Å². The van der Waals surface area contributed by atoms with Crippen LogP contribution < -0.4 is 15.7 Å². The van der Waals surface area contributed by atoms with Crippen molar-refractivity contribution in [1.29, 1.82) is 0 Å². The van der Waals surface area contributed by atoms with Crippen LogP contribution in [0, 0.1) is 0 Å². The molecule has 30 heavy (non-hydrogen) atoms. The Balaban J connectivity index is 1.83. The number of nitrogens with zero attached hydrogens (tertiary/aromatic N) is 1. The van der Waals surface area contributed by atoms with E-state index in [1.165, 1.54) is 6.21 Å². The number of nitrogens with one attached hydrogen (secondary N) is 1. The highest BCUT2D eigenvalue weighted by Gasteiger charge is 2.14. The Kier molecular flexibility index (Phi) is 5.74. The molecule has 7 heteroatoms. The third kappa shape index (κ3) is 4.32. The highest BCUT2D eigenvalue weighted by Crippen LogP contribution is 2.29. The highest BCUT2D eigenvalue weighted by atomic mass is 35.5. The van der Waals surface area contributed by atoms with Crippen LogP contribution in [0.2, 0.25) is 10.0 Å². The van der Waals surface area contributed by atoms with Crippen LogP contribution in [0.1, 0.15) is 5.56 Å². The van der Waals surface area contributed by atoms with Gasteiger partial charge in [-0.05, 0) is 54.6 Å². The first-order valence-corrected chi connectivity index (χ1v) is 9.76. The van der Waals surface area contributed by atoms with E-state index in [-0.39, 0.29) is 5.56 Å². The van der Waals surface area contributed by atoms with Gasteiger partial charge in [0.05, 0.1) is 18.5 Å². The predicted octanol–water partition coefficient (Wildman–Crippen LogP) is 6.60. The number of fused-ring (bicyclic) bond motifs is 1. The molecule has 0 saturated carbocycles. The summed E-state index contributed by atoms with van der Waals surface area (Å²) in [6.45, 7) is 0. The topological polar surface area (TPSA) is 63.8 Å². The van der Waals surface area contributed by atoms with E-state index < -0.39 is 5.63 Å². The number of para-hydroxylation sites is 1. The Morgan fingerprint density at radius 1 is 1.00 bits per heavy atom. The lowest BCUT2D eigenvalue weighted by Crippen LogP contribution is -2.11. The average Bonchev–Trinajstić information content (AvgIpc) is 2.73. The molecule has 0 fully saturated rings. The Morgan fingerprint density at radius 2 is 1.70 bits per heavy atom. The van der Waals surface area contributed by atoms with Gasteiger partial charge in [0.2, 0.25) is 0 Å². The fourth-order valence-electron chi connectivity index (χ4n) is 2.99. The molecule has 4 aromatic rings. The molecule has 0 amide bonds. The minimum absolute atomic E-state index is 0.278. The first-order valence-electron chi connectivity index (χ1n) is 9.00. The van der Waals surface area contributed by atoms with Gasteiger partial charge in [0, 0.05) is 27.3 Å². The zero-order chi connectivity index (χ0) is 21.1. The van der Waals surface area contributed by atoms with Crippen molar-refractivity contribution < 1.29 is 9.15 Å². The maximum atomic E-state index is 12.7. The molecule has 0 unspecified atom stereocenters. The summed E-state index contributed by atoms with van der Waals surface area (Å²) in [6, 6.07) is 19.6. The average molecular weight is 439 g/mol. The normalized spacial score (nSPS) is 11.2. The van der Waals surface area contributed by atoms with Gasteiger partial charge < -0.3 is 14.5 Å². The molecule has 0 atom stereocenters. The van der Waals surface area contributed by atoms with Crippen LogP contribution in [0.4, 0.5) is 17.1 Å². The second-order valence-electron chi connectivity index (χ2n) is 6.41. The Bertz CT molecular complexity index is 1280. The monoisotopic (exact) mass is 438 g/mol. The summed E-state index contributed by atoms with van der Waals surface area (Å²) in [6.07, 6.45) is 1.45. The molecule has 0 aliphatic carbocycles. The number of ether oxygens (including phenoxy) is 1. The van der Waals surface area contributed by atoms with Crippen LogP contribution in [-0.4, -0.2) is 13.3 Å². The Labute approximate surface area is 182 Å². The van der Waals surface area contributed by atoms with Gasteiger partial charge in [-0.2, -0.15) is 0 Å². The molecular weight excluding hydrogens is 423 g/mol. The molecule has 0 bridgehead atoms. The number of rotatable bonds is 5. The lowest BCUT2D eigenvalue weighted by atomic mass is 10.1. The lowest BCUT2D eigenvalue weighted by molar-refractivity contribution is 0.415. The lowest BCUT2D eigenvalue weighted by Gasteiger charge is -2.12. The predicted molar refractivity (Wildman–Crippen MR) is 122 cm³/mol. The number of halogens is 2. The zero-order valence-corrected chi connectivity index (χ0v) is 17.4. The summed E-state index contributed by atoms with van der Waals surface area (Å²) in [5, 5.41) is 4.97. The Morgan fingerprint density at radius 3 is 2.40 bits per heavy atom. The summed E-state index contributed by atoms with van der Waals surface area (Å²) in [4.78, 5) is 17.1. The molecule has 150 valence electrons. The van der Waals surface area contributed by atoms with Crippen molar-refractivity contribution in [2.24, 2.45) is 4.99 Å². The van der Waals surface area contributed by atoms with Crippen molar-refractivity contribution in [3.05, 3.63) is 92.8 Å². The van der Waals surface area contributed by atoms with Crippen molar-refractivity contribution in [3.63, 3.8) is 0 Å². The molecule has 0 spiro atoms. The van der Waals surface area contributed by atoms with Gasteiger partial charge in [-0.1, -0.05) is 35.3 Å².